The van der Waals surface area contributed by atoms with Crippen LogP contribution in [0.3, 0.4) is 0 Å². The summed E-state index contributed by atoms with van der Waals surface area (Å²) in [6.45, 7) is 0. The number of rotatable bonds is 0. The fourth-order valence-electron chi connectivity index (χ4n) is 2.27. The quantitative estimate of drug-likeness (QED) is 0.422. The Bertz CT molecular complexity index is 625. The van der Waals surface area contributed by atoms with Gasteiger partial charge in [0.05, 0.1) is 0 Å². The zero-order chi connectivity index (χ0) is 13.6. The van der Waals surface area contributed by atoms with Gasteiger partial charge >= 0.3 is 80.9 Å². The molecule has 0 bridgehead atoms. The molecule has 0 heterocycles. The van der Waals surface area contributed by atoms with Gasteiger partial charge in [0.15, 0.2) is 0 Å². The van der Waals surface area contributed by atoms with Gasteiger partial charge in [0, 0.05) is 0 Å². The third-order valence-electron chi connectivity index (χ3n) is 3.32. The summed E-state index contributed by atoms with van der Waals surface area (Å²) in [7, 11) is 0. The molecule has 0 aliphatic carbocycles. The molecule has 0 aliphatic rings. The van der Waals surface area contributed by atoms with Crippen LogP contribution in [0.4, 0.5) is 0 Å². The van der Waals surface area contributed by atoms with E-state index in [4.69, 9.17) is 0 Å². The van der Waals surface area contributed by atoms with Gasteiger partial charge in [0.2, 0.25) is 0 Å². The van der Waals surface area contributed by atoms with Crippen LogP contribution in [0, 0.1) is 0 Å². The van der Waals surface area contributed by atoms with Gasteiger partial charge in [-0.25, -0.2) is 0 Å². The maximum absolute atomic E-state index is 2.12. The van der Waals surface area contributed by atoms with Gasteiger partial charge < -0.3 is 0 Å². The molecule has 0 aliphatic heterocycles. The summed E-state index contributed by atoms with van der Waals surface area (Å²) in [5.41, 5.74) is 0. The van der Waals surface area contributed by atoms with E-state index in [2.05, 4.69) is 97.1 Å². The molecule has 0 saturated carbocycles. The Morgan fingerprint density at radius 3 is 0.591 bits per heavy atom. The Balaban J connectivity index is 0.000000202. The minimum atomic E-state index is 0. The van der Waals surface area contributed by atoms with Crippen LogP contribution in [-0.4, -0.2) is 80.9 Å². The van der Waals surface area contributed by atoms with E-state index in [-0.39, 0.29) is 80.9 Å². The van der Waals surface area contributed by atoms with Crippen molar-refractivity contribution < 1.29 is 0 Å². The van der Waals surface area contributed by atoms with Crippen molar-refractivity contribution in [3.63, 3.8) is 0 Å². The number of hydrogen-bond donors (Lipinski definition) is 0. The van der Waals surface area contributed by atoms with E-state index in [1.165, 1.54) is 21.5 Å². The first-order chi connectivity index (χ1) is 9.93. The summed E-state index contributed by atoms with van der Waals surface area (Å²) in [6.07, 6.45) is 0. The maximum Gasteiger partial charge on any atom is -0.0184 e. The average molecular weight is 320 g/mol. The second-order valence-electron chi connectivity index (χ2n) is 4.69. The van der Waals surface area contributed by atoms with Crippen molar-refractivity contribution in [3.8, 4) is 0 Å². The van der Waals surface area contributed by atoms with Crippen LogP contribution in [-0.2, 0) is 0 Å². The molecule has 4 rings (SSSR count). The van der Waals surface area contributed by atoms with Gasteiger partial charge in [-0.05, 0) is 21.5 Å². The maximum atomic E-state index is 2.12. The van der Waals surface area contributed by atoms with Crippen molar-refractivity contribution in [1.82, 2.24) is 0 Å². The Morgan fingerprint density at radius 2 is 0.455 bits per heavy atom. The molecule has 4 aromatic rings. The third-order valence-corrected chi connectivity index (χ3v) is 3.32. The zero-order valence-electron chi connectivity index (χ0n) is 11.2. The smallest absolute Gasteiger partial charge is 0.0184 e. The van der Waals surface area contributed by atoms with Crippen molar-refractivity contribution in [3.05, 3.63) is 97.1 Å². The van der Waals surface area contributed by atoms with Crippen LogP contribution in [0.25, 0.3) is 21.5 Å². The molecular weight excluding hydrogens is 302 g/mol. The molecule has 0 amide bonds. The Hall–Kier alpha value is 0.0364. The first-order valence-corrected chi connectivity index (χ1v) is 6.81. The van der Waals surface area contributed by atoms with Gasteiger partial charge in [-0.15, -0.1) is 0 Å². The SMILES string of the molecule is [KH].[NaH].c1ccc2ccccc2c1.c1ccc2ccccc2c1. The van der Waals surface area contributed by atoms with Gasteiger partial charge in [-0.3, -0.25) is 0 Å². The molecule has 0 fully saturated rings. The van der Waals surface area contributed by atoms with Crippen LogP contribution in [0.15, 0.2) is 97.1 Å². The van der Waals surface area contributed by atoms with Crippen LogP contribution >= 0.6 is 0 Å². The van der Waals surface area contributed by atoms with Crippen LogP contribution in [0.1, 0.15) is 0 Å². The molecule has 0 nitrogen and oxygen atoms in total. The summed E-state index contributed by atoms with van der Waals surface area (Å²) in [4.78, 5) is 0. The Morgan fingerprint density at radius 1 is 0.318 bits per heavy atom. The summed E-state index contributed by atoms with van der Waals surface area (Å²) in [5.74, 6) is 0. The van der Waals surface area contributed by atoms with E-state index < -0.39 is 0 Å². The monoisotopic (exact) mass is 320 g/mol. The number of hydrogen-bond acceptors (Lipinski definition) is 0. The van der Waals surface area contributed by atoms with E-state index in [1.54, 1.807) is 0 Å². The van der Waals surface area contributed by atoms with E-state index >= 15 is 0 Å². The molecule has 4 aromatic carbocycles. The topological polar surface area (TPSA) is 0 Å². The molecule has 100 valence electrons. The van der Waals surface area contributed by atoms with Crippen molar-refractivity contribution in [2.75, 3.05) is 0 Å². The normalized spacial score (nSPS) is 9.09. The standard InChI is InChI=1S/2C10H8.K.Na.2H/c2*1-2-6-10-8-4-3-7-9(10)5-1;;;;/h2*1-8H;;;;. The van der Waals surface area contributed by atoms with E-state index in [0.29, 0.717) is 0 Å². The van der Waals surface area contributed by atoms with Crippen molar-refractivity contribution in [1.29, 1.82) is 0 Å². The van der Waals surface area contributed by atoms with Crippen LogP contribution in [0.2, 0.25) is 0 Å². The summed E-state index contributed by atoms with van der Waals surface area (Å²) >= 11 is 0. The van der Waals surface area contributed by atoms with Crippen molar-refractivity contribution in [2.24, 2.45) is 0 Å². The van der Waals surface area contributed by atoms with Gasteiger partial charge in [-0.2, -0.15) is 0 Å². The summed E-state index contributed by atoms with van der Waals surface area (Å²) in [5, 5.41) is 5.24. The van der Waals surface area contributed by atoms with Crippen LogP contribution < -0.4 is 0 Å². The van der Waals surface area contributed by atoms with Gasteiger partial charge in [-0.1, -0.05) is 97.1 Å². The molecule has 0 unspecified atom stereocenters. The second kappa shape index (κ2) is 10.7. The van der Waals surface area contributed by atoms with Gasteiger partial charge in [0.25, 0.3) is 0 Å². The third kappa shape index (κ3) is 5.59. The van der Waals surface area contributed by atoms with Crippen molar-refractivity contribution >= 4 is 102 Å². The minimum Gasteiger partial charge on any atom is -0.0616 e. The Kier molecular flexibility index (Phi) is 9.81. The molecule has 0 saturated heterocycles. The zero-order valence-corrected chi connectivity index (χ0v) is 11.2. The van der Waals surface area contributed by atoms with E-state index in [0.717, 1.165) is 0 Å². The Labute approximate surface area is 196 Å². The molecule has 0 atom stereocenters. The fourth-order valence-corrected chi connectivity index (χ4v) is 2.27. The molecule has 0 aromatic heterocycles. The van der Waals surface area contributed by atoms with E-state index in [9.17, 15) is 0 Å². The molecule has 0 radical (unpaired) electrons. The molecule has 0 spiro atoms. The average Bonchev–Trinajstić information content (AvgIpc) is 2.56. The number of fused-ring (bicyclic) bond motifs is 2. The number of benzene rings is 4. The van der Waals surface area contributed by atoms with E-state index in [1.807, 2.05) is 0 Å². The largest absolute Gasteiger partial charge is 0.0616 e. The predicted molar refractivity (Wildman–Crippen MR) is 102 cm³/mol. The fraction of sp³-hybridized carbons (Fsp3) is 0. The van der Waals surface area contributed by atoms with Gasteiger partial charge in [0.1, 0.15) is 0 Å². The molecule has 0 N–H and O–H groups in total. The second-order valence-corrected chi connectivity index (χ2v) is 4.69. The summed E-state index contributed by atoms with van der Waals surface area (Å²) < 4.78 is 0. The molecule has 22 heavy (non-hydrogen) atoms. The molecular formula is C20H18KNa. The van der Waals surface area contributed by atoms with Crippen molar-refractivity contribution in [2.45, 2.75) is 0 Å². The predicted octanol–water partition coefficient (Wildman–Crippen LogP) is 4.38. The summed E-state index contributed by atoms with van der Waals surface area (Å²) in [6, 6.07) is 33.4. The first kappa shape index (κ1) is 20.1. The molecule has 2 heteroatoms. The minimum absolute atomic E-state index is 0. The van der Waals surface area contributed by atoms with Crippen LogP contribution in [0.5, 0.6) is 0 Å². The first-order valence-electron chi connectivity index (χ1n) is 6.81.